The summed E-state index contributed by atoms with van der Waals surface area (Å²) >= 11 is 0. The summed E-state index contributed by atoms with van der Waals surface area (Å²) in [5, 5.41) is 7.82. The number of hydrogen-bond acceptors (Lipinski definition) is 4. The maximum absolute atomic E-state index is 12.0. The van der Waals surface area contributed by atoms with E-state index < -0.39 is 0 Å². The highest BCUT2D eigenvalue weighted by Crippen LogP contribution is 2.40. The molecule has 148 valence electrons. The number of aromatic amines is 1. The number of H-pyrrole nitrogens is 1. The normalized spacial score (nSPS) is 15.9. The first-order valence-electron chi connectivity index (χ1n) is 10.1. The van der Waals surface area contributed by atoms with E-state index in [4.69, 9.17) is 10.5 Å². The van der Waals surface area contributed by atoms with Gasteiger partial charge in [0.15, 0.2) is 0 Å². The minimum Gasteiger partial charge on any atom is -0.379 e. The highest BCUT2D eigenvalue weighted by Gasteiger charge is 2.25. The summed E-state index contributed by atoms with van der Waals surface area (Å²) < 4.78 is 5.42. The van der Waals surface area contributed by atoms with Crippen LogP contribution in [0, 0.1) is 0 Å². The first-order chi connectivity index (χ1) is 14.2. The van der Waals surface area contributed by atoms with Crippen LogP contribution in [-0.4, -0.2) is 53.9 Å². The second-order valence-corrected chi connectivity index (χ2v) is 7.70. The lowest BCUT2D eigenvalue weighted by Crippen LogP contribution is -2.37. The molecule has 1 amide bonds. The predicted molar refractivity (Wildman–Crippen MR) is 112 cm³/mol. The van der Waals surface area contributed by atoms with Crippen molar-refractivity contribution in [3.63, 3.8) is 0 Å². The Hall–Kier alpha value is -2.96. The lowest BCUT2D eigenvalue weighted by molar-refractivity contribution is 0.0384. The van der Waals surface area contributed by atoms with Crippen LogP contribution in [0.4, 0.5) is 0 Å². The Labute approximate surface area is 169 Å². The number of fused-ring (bicyclic) bond motifs is 3. The third-order valence-electron chi connectivity index (χ3n) is 5.97. The summed E-state index contributed by atoms with van der Waals surface area (Å²) in [6.45, 7) is 4.27. The second-order valence-electron chi connectivity index (χ2n) is 7.70. The fraction of sp³-hybridized carbons (Fsp3) is 0.304. The Kier molecular flexibility index (Phi) is 4.66. The molecule has 0 unspecified atom stereocenters. The van der Waals surface area contributed by atoms with Crippen LogP contribution < -0.4 is 5.73 Å². The third kappa shape index (κ3) is 3.34. The molecular formula is C23H24N4O2. The summed E-state index contributed by atoms with van der Waals surface area (Å²) in [6.07, 6.45) is 1.65. The molecule has 2 aromatic carbocycles. The van der Waals surface area contributed by atoms with Gasteiger partial charge in [-0.1, -0.05) is 30.3 Å². The lowest BCUT2D eigenvalue weighted by atomic mass is 9.97. The molecule has 29 heavy (non-hydrogen) atoms. The van der Waals surface area contributed by atoms with Crippen molar-refractivity contribution >= 4 is 5.91 Å². The summed E-state index contributed by atoms with van der Waals surface area (Å²) in [6, 6.07) is 14.3. The lowest BCUT2D eigenvalue weighted by Gasteiger charge is -2.26. The number of amides is 1. The fourth-order valence-corrected chi connectivity index (χ4v) is 4.40. The molecule has 6 nitrogen and oxygen atoms in total. The van der Waals surface area contributed by atoms with Gasteiger partial charge in [-0.25, -0.2) is 0 Å². The van der Waals surface area contributed by atoms with Crippen molar-refractivity contribution in [3.8, 4) is 22.5 Å². The molecule has 1 aliphatic heterocycles. The SMILES string of the molecule is NC(=O)c1ccc(-c2n[nH]c3c2Cc2ccccc2-3)cc1CCN1CCOCC1. The first-order valence-corrected chi connectivity index (χ1v) is 10.1. The van der Waals surface area contributed by atoms with Crippen molar-refractivity contribution in [3.05, 3.63) is 64.7 Å². The van der Waals surface area contributed by atoms with E-state index in [9.17, 15) is 4.79 Å². The molecule has 3 N–H and O–H groups in total. The summed E-state index contributed by atoms with van der Waals surface area (Å²) in [5.74, 6) is -0.381. The van der Waals surface area contributed by atoms with Crippen LogP contribution in [0.2, 0.25) is 0 Å². The Morgan fingerprint density at radius 2 is 2.00 bits per heavy atom. The molecule has 6 heteroatoms. The maximum atomic E-state index is 12.0. The summed E-state index contributed by atoms with van der Waals surface area (Å²) in [5.41, 5.74) is 14.1. The Morgan fingerprint density at radius 1 is 1.17 bits per heavy atom. The molecule has 5 rings (SSSR count). The van der Waals surface area contributed by atoms with Crippen molar-refractivity contribution in [2.75, 3.05) is 32.8 Å². The zero-order chi connectivity index (χ0) is 19.8. The van der Waals surface area contributed by atoms with Crippen molar-refractivity contribution in [1.29, 1.82) is 0 Å². The molecule has 0 spiro atoms. The van der Waals surface area contributed by atoms with E-state index in [0.717, 1.165) is 68.2 Å². The number of benzene rings is 2. The minimum absolute atomic E-state index is 0.381. The van der Waals surface area contributed by atoms with Gasteiger partial charge in [0.1, 0.15) is 0 Å². The van der Waals surface area contributed by atoms with E-state index >= 15 is 0 Å². The van der Waals surface area contributed by atoms with Gasteiger partial charge in [-0.15, -0.1) is 0 Å². The predicted octanol–water partition coefficient (Wildman–Crippen LogP) is 2.62. The van der Waals surface area contributed by atoms with Crippen LogP contribution in [0.1, 0.15) is 27.0 Å². The van der Waals surface area contributed by atoms with Crippen LogP contribution >= 0.6 is 0 Å². The van der Waals surface area contributed by atoms with E-state index in [2.05, 4.69) is 45.4 Å². The van der Waals surface area contributed by atoms with Crippen LogP contribution in [0.15, 0.2) is 42.5 Å². The highest BCUT2D eigenvalue weighted by atomic mass is 16.5. The van der Waals surface area contributed by atoms with Crippen molar-refractivity contribution < 1.29 is 9.53 Å². The van der Waals surface area contributed by atoms with E-state index in [0.29, 0.717) is 5.56 Å². The van der Waals surface area contributed by atoms with Gasteiger partial charge in [-0.05, 0) is 29.7 Å². The molecule has 0 radical (unpaired) electrons. The average Bonchev–Trinajstić information content (AvgIpc) is 3.32. The molecule has 2 heterocycles. The van der Waals surface area contributed by atoms with Gasteiger partial charge >= 0.3 is 0 Å². The largest absolute Gasteiger partial charge is 0.379 e. The van der Waals surface area contributed by atoms with E-state index in [1.54, 1.807) is 0 Å². The molecule has 3 aromatic rings. The maximum Gasteiger partial charge on any atom is 0.248 e. The van der Waals surface area contributed by atoms with E-state index in [-0.39, 0.29) is 5.91 Å². The van der Waals surface area contributed by atoms with Gasteiger partial charge < -0.3 is 10.5 Å². The Balaban J connectivity index is 1.46. The zero-order valence-electron chi connectivity index (χ0n) is 16.3. The van der Waals surface area contributed by atoms with Gasteiger partial charge in [-0.3, -0.25) is 14.8 Å². The smallest absolute Gasteiger partial charge is 0.248 e. The monoisotopic (exact) mass is 388 g/mol. The van der Waals surface area contributed by atoms with Gasteiger partial charge in [0, 0.05) is 48.3 Å². The number of aromatic nitrogens is 2. The van der Waals surface area contributed by atoms with Crippen LogP contribution in [-0.2, 0) is 17.6 Å². The summed E-state index contributed by atoms with van der Waals surface area (Å²) in [4.78, 5) is 14.3. The van der Waals surface area contributed by atoms with Crippen molar-refractivity contribution in [1.82, 2.24) is 15.1 Å². The Morgan fingerprint density at radius 3 is 2.83 bits per heavy atom. The van der Waals surface area contributed by atoms with Gasteiger partial charge in [0.05, 0.1) is 24.6 Å². The molecule has 1 aromatic heterocycles. The molecule has 0 saturated carbocycles. The number of carbonyl (C=O) groups excluding carboxylic acids is 1. The van der Waals surface area contributed by atoms with E-state index in [1.165, 1.54) is 16.7 Å². The van der Waals surface area contributed by atoms with Gasteiger partial charge in [0.25, 0.3) is 0 Å². The van der Waals surface area contributed by atoms with Crippen molar-refractivity contribution in [2.45, 2.75) is 12.8 Å². The van der Waals surface area contributed by atoms with Crippen LogP contribution in [0.3, 0.4) is 0 Å². The van der Waals surface area contributed by atoms with Crippen LogP contribution in [0.5, 0.6) is 0 Å². The van der Waals surface area contributed by atoms with Crippen LogP contribution in [0.25, 0.3) is 22.5 Å². The number of carbonyl (C=O) groups is 1. The fourth-order valence-electron chi connectivity index (χ4n) is 4.40. The molecule has 1 saturated heterocycles. The summed E-state index contributed by atoms with van der Waals surface area (Å²) in [7, 11) is 0. The molecule has 0 atom stereocenters. The number of nitrogens with one attached hydrogen (secondary N) is 1. The number of rotatable bonds is 5. The Bertz CT molecular complexity index is 1070. The zero-order valence-corrected chi connectivity index (χ0v) is 16.3. The average molecular weight is 388 g/mol. The van der Waals surface area contributed by atoms with Gasteiger partial charge in [0.2, 0.25) is 5.91 Å². The molecule has 1 aliphatic carbocycles. The number of hydrogen-bond donors (Lipinski definition) is 2. The molecule has 2 aliphatic rings. The topological polar surface area (TPSA) is 84.2 Å². The minimum atomic E-state index is -0.381. The highest BCUT2D eigenvalue weighted by molar-refractivity contribution is 5.95. The van der Waals surface area contributed by atoms with E-state index in [1.807, 2.05) is 12.1 Å². The second kappa shape index (κ2) is 7.46. The van der Waals surface area contributed by atoms with Crippen molar-refractivity contribution in [2.24, 2.45) is 5.73 Å². The quantitative estimate of drug-likeness (QED) is 0.550. The standard InChI is InChI=1S/C23H24N4O2/c24-23(28)19-6-5-17(13-16(19)7-8-27-9-11-29-12-10-27)21-20-14-15-3-1-2-4-18(15)22(20)26-25-21/h1-6,13H,7-12,14H2,(H2,24,28)(H,25,26). The number of ether oxygens (including phenoxy) is 1. The molecular weight excluding hydrogens is 364 g/mol. The number of primary amides is 1. The number of nitrogens with two attached hydrogens (primary N) is 1. The molecule has 0 bridgehead atoms. The molecule has 1 fully saturated rings. The van der Waals surface area contributed by atoms with Gasteiger partial charge in [-0.2, -0.15) is 5.10 Å². The third-order valence-corrected chi connectivity index (χ3v) is 5.97. The first kappa shape index (κ1) is 18.1. The number of nitrogens with zero attached hydrogens (tertiary/aromatic N) is 2. The number of morpholine rings is 1.